The van der Waals surface area contributed by atoms with E-state index in [1.165, 1.54) is 0 Å². The van der Waals surface area contributed by atoms with Crippen molar-refractivity contribution >= 4 is 21.0 Å². The maximum Gasteiger partial charge on any atom is 0.307 e. The predicted octanol–water partition coefficient (Wildman–Crippen LogP) is 1.02. The van der Waals surface area contributed by atoms with Crippen LogP contribution in [0.3, 0.4) is 0 Å². The van der Waals surface area contributed by atoms with E-state index < -0.39 is 10.1 Å². The van der Waals surface area contributed by atoms with Gasteiger partial charge in [-0.15, -0.1) is 0 Å². The van der Waals surface area contributed by atoms with E-state index in [1.54, 1.807) is 11.6 Å². The number of hydrogen-bond acceptors (Lipinski definition) is 4. The molecule has 0 radical (unpaired) electrons. The fourth-order valence-corrected chi connectivity index (χ4v) is 2.58. The summed E-state index contributed by atoms with van der Waals surface area (Å²) >= 11 is 0. The predicted molar refractivity (Wildman–Crippen MR) is 71.1 cm³/mol. The minimum Gasteiger partial charge on any atom is -0.363 e. The summed E-state index contributed by atoms with van der Waals surface area (Å²) < 4.78 is 29.5. The molecule has 0 saturated heterocycles. The smallest absolute Gasteiger partial charge is 0.307 e. The lowest BCUT2D eigenvalue weighted by Gasteiger charge is -2.07. The first-order valence-electron chi connectivity index (χ1n) is 5.60. The third-order valence-electron chi connectivity index (χ3n) is 2.78. The molecule has 18 heavy (non-hydrogen) atoms. The Labute approximate surface area is 106 Å². The maximum atomic E-state index is 11.3. The Bertz CT molecular complexity index is 674. The number of rotatable bonds is 4. The zero-order valence-electron chi connectivity index (χ0n) is 10.4. The van der Waals surface area contributed by atoms with Gasteiger partial charge in [-0.05, 0) is 19.0 Å². The van der Waals surface area contributed by atoms with Gasteiger partial charge in [-0.3, -0.25) is 0 Å². The average Bonchev–Trinajstić information content (AvgIpc) is 2.54. The number of benzene rings is 1. The van der Waals surface area contributed by atoms with Gasteiger partial charge in [-0.2, -0.15) is 8.42 Å². The molecule has 1 aromatic heterocycles. The molecular weight excluding hydrogens is 252 g/mol. The van der Waals surface area contributed by atoms with Crippen molar-refractivity contribution in [2.45, 2.75) is 6.42 Å². The van der Waals surface area contributed by atoms with Crippen molar-refractivity contribution in [3.63, 3.8) is 0 Å². The van der Waals surface area contributed by atoms with Crippen LogP contribution in [0.2, 0.25) is 0 Å². The first kappa shape index (κ1) is 12.9. The standard InChI is InChI=1S/C12H16N2O3S/c1-14-11-6-4-3-5-9(11)10(7-8-13)12(14)17-18(2,15)16/h3-6H,7-8,13H2,1-2H3. The third-order valence-corrected chi connectivity index (χ3v) is 3.24. The molecule has 2 aromatic rings. The number of nitrogens with two attached hydrogens (primary N) is 1. The van der Waals surface area contributed by atoms with Crippen LogP contribution in [0.15, 0.2) is 24.3 Å². The molecule has 0 aliphatic heterocycles. The first-order chi connectivity index (χ1) is 8.44. The number of nitrogens with zero attached hydrogens (tertiary/aromatic N) is 1. The van der Waals surface area contributed by atoms with E-state index in [4.69, 9.17) is 9.92 Å². The van der Waals surface area contributed by atoms with Crippen LogP contribution in [0.1, 0.15) is 5.56 Å². The summed E-state index contributed by atoms with van der Waals surface area (Å²) in [4.78, 5) is 0. The van der Waals surface area contributed by atoms with Crippen LogP contribution in [0.25, 0.3) is 10.9 Å². The summed E-state index contributed by atoms with van der Waals surface area (Å²) in [6, 6.07) is 7.67. The largest absolute Gasteiger partial charge is 0.363 e. The summed E-state index contributed by atoms with van der Waals surface area (Å²) in [5.74, 6) is 0.351. The molecule has 0 aliphatic rings. The maximum absolute atomic E-state index is 11.3. The van der Waals surface area contributed by atoms with Crippen LogP contribution < -0.4 is 9.92 Å². The van der Waals surface area contributed by atoms with E-state index in [-0.39, 0.29) is 0 Å². The van der Waals surface area contributed by atoms with E-state index in [1.807, 2.05) is 24.3 Å². The lowest BCUT2D eigenvalue weighted by atomic mass is 10.1. The fraction of sp³-hybridized carbons (Fsp3) is 0.333. The first-order valence-corrected chi connectivity index (χ1v) is 7.41. The molecule has 0 fully saturated rings. The van der Waals surface area contributed by atoms with Crippen LogP contribution in [0.5, 0.6) is 5.88 Å². The molecule has 0 bridgehead atoms. The molecule has 1 aromatic carbocycles. The SMILES string of the molecule is Cn1c(OS(C)(=O)=O)c(CCN)c2ccccc21. The normalized spacial score (nSPS) is 11.9. The zero-order valence-corrected chi connectivity index (χ0v) is 11.2. The van der Waals surface area contributed by atoms with Crippen LogP contribution in [-0.4, -0.2) is 25.8 Å². The van der Waals surface area contributed by atoms with Gasteiger partial charge in [-0.25, -0.2) is 0 Å². The topological polar surface area (TPSA) is 74.3 Å². The van der Waals surface area contributed by atoms with Gasteiger partial charge in [0.25, 0.3) is 0 Å². The second-order valence-corrected chi connectivity index (χ2v) is 5.76. The molecule has 5 nitrogen and oxygen atoms in total. The van der Waals surface area contributed by atoms with Gasteiger partial charge >= 0.3 is 10.1 Å². The number of fused-ring (bicyclic) bond motifs is 1. The molecule has 0 amide bonds. The molecule has 0 aliphatic carbocycles. The van der Waals surface area contributed by atoms with E-state index >= 15 is 0 Å². The summed E-state index contributed by atoms with van der Waals surface area (Å²) in [5.41, 5.74) is 7.34. The fourth-order valence-electron chi connectivity index (χ4n) is 2.08. The molecule has 0 saturated carbocycles. The van der Waals surface area contributed by atoms with Gasteiger partial charge in [0.05, 0.1) is 11.8 Å². The highest BCUT2D eigenvalue weighted by Gasteiger charge is 2.18. The van der Waals surface area contributed by atoms with Gasteiger partial charge in [0, 0.05) is 18.0 Å². The third kappa shape index (κ3) is 2.34. The van der Waals surface area contributed by atoms with Crippen molar-refractivity contribution in [1.82, 2.24) is 4.57 Å². The van der Waals surface area contributed by atoms with Gasteiger partial charge in [0.1, 0.15) is 0 Å². The number of hydrogen-bond donors (Lipinski definition) is 1. The monoisotopic (exact) mass is 268 g/mol. The van der Waals surface area contributed by atoms with Gasteiger partial charge in [-0.1, -0.05) is 18.2 Å². The van der Waals surface area contributed by atoms with Crippen molar-refractivity contribution in [2.24, 2.45) is 12.8 Å². The van der Waals surface area contributed by atoms with Crippen LogP contribution in [0.4, 0.5) is 0 Å². The van der Waals surface area contributed by atoms with E-state index in [9.17, 15) is 8.42 Å². The van der Waals surface area contributed by atoms with Crippen molar-refractivity contribution < 1.29 is 12.6 Å². The lowest BCUT2D eigenvalue weighted by Crippen LogP contribution is -2.11. The molecule has 2 N–H and O–H groups in total. The van der Waals surface area contributed by atoms with Crippen LogP contribution in [0, 0.1) is 0 Å². The molecule has 0 atom stereocenters. The lowest BCUT2D eigenvalue weighted by molar-refractivity contribution is 0.468. The van der Waals surface area contributed by atoms with Crippen molar-refractivity contribution in [1.29, 1.82) is 0 Å². The number of aryl methyl sites for hydroxylation is 1. The Balaban J connectivity index is 2.69. The molecular formula is C12H16N2O3S. The number of para-hydroxylation sites is 1. The molecule has 0 spiro atoms. The Morgan fingerprint density at radius 3 is 2.61 bits per heavy atom. The van der Waals surface area contributed by atoms with Crippen LogP contribution in [-0.2, 0) is 23.6 Å². The van der Waals surface area contributed by atoms with Crippen molar-refractivity contribution in [2.75, 3.05) is 12.8 Å². The molecule has 1 heterocycles. The summed E-state index contributed by atoms with van der Waals surface area (Å²) in [7, 11) is -1.77. The number of aromatic nitrogens is 1. The summed E-state index contributed by atoms with van der Waals surface area (Å²) in [6.07, 6.45) is 1.61. The molecule has 6 heteroatoms. The Morgan fingerprint density at radius 2 is 2.00 bits per heavy atom. The Kier molecular flexibility index (Phi) is 3.32. The van der Waals surface area contributed by atoms with Crippen molar-refractivity contribution in [3.8, 4) is 5.88 Å². The molecule has 0 unspecified atom stereocenters. The van der Waals surface area contributed by atoms with Crippen LogP contribution >= 0.6 is 0 Å². The minimum absolute atomic E-state index is 0.351. The highest BCUT2D eigenvalue weighted by molar-refractivity contribution is 7.86. The van der Waals surface area contributed by atoms with E-state index in [0.29, 0.717) is 18.8 Å². The summed E-state index contributed by atoms with van der Waals surface area (Å²) in [6.45, 7) is 0.439. The zero-order chi connectivity index (χ0) is 13.3. The Morgan fingerprint density at radius 1 is 1.33 bits per heavy atom. The van der Waals surface area contributed by atoms with Gasteiger partial charge < -0.3 is 14.5 Å². The molecule has 2 rings (SSSR count). The van der Waals surface area contributed by atoms with E-state index in [0.717, 1.165) is 22.7 Å². The van der Waals surface area contributed by atoms with Gasteiger partial charge in [0.15, 0.2) is 0 Å². The molecule has 98 valence electrons. The summed E-state index contributed by atoms with van der Waals surface area (Å²) in [5, 5.41) is 0.976. The average molecular weight is 268 g/mol. The Hall–Kier alpha value is -1.53. The van der Waals surface area contributed by atoms with Gasteiger partial charge in [0.2, 0.25) is 5.88 Å². The second kappa shape index (κ2) is 4.62. The second-order valence-electron chi connectivity index (χ2n) is 4.19. The highest BCUT2D eigenvalue weighted by atomic mass is 32.2. The highest BCUT2D eigenvalue weighted by Crippen LogP contribution is 2.32. The van der Waals surface area contributed by atoms with Crippen molar-refractivity contribution in [3.05, 3.63) is 29.8 Å². The van der Waals surface area contributed by atoms with E-state index in [2.05, 4.69) is 0 Å². The quantitative estimate of drug-likeness (QED) is 0.840. The minimum atomic E-state index is -3.55.